The first kappa shape index (κ1) is 21.5. The molecule has 162 valence electrons. The van der Waals surface area contributed by atoms with Gasteiger partial charge in [0.2, 0.25) is 0 Å². The highest BCUT2D eigenvalue weighted by Gasteiger charge is 2.42. The normalized spacial score (nSPS) is 14.6. The molecule has 0 amide bonds. The molecule has 1 saturated carbocycles. The Labute approximate surface area is 186 Å². The number of imidazole rings is 1. The minimum atomic E-state index is -0.672. The predicted octanol–water partition coefficient (Wildman–Crippen LogP) is 5.86. The first-order valence-electron chi connectivity index (χ1n) is 10.3. The molecule has 31 heavy (non-hydrogen) atoms. The van der Waals surface area contributed by atoms with Crippen LogP contribution in [0.3, 0.4) is 0 Å². The second-order valence-corrected chi connectivity index (χ2v) is 8.55. The lowest BCUT2D eigenvalue weighted by molar-refractivity contribution is 0.111. The van der Waals surface area contributed by atoms with Gasteiger partial charge in [0, 0.05) is 18.2 Å². The van der Waals surface area contributed by atoms with Crippen LogP contribution in [0.15, 0.2) is 42.6 Å². The van der Waals surface area contributed by atoms with Crippen LogP contribution in [-0.4, -0.2) is 32.8 Å². The number of benzene rings is 2. The largest absolute Gasteiger partial charge is 0.455 e. The smallest absolute Gasteiger partial charge is 0.159 e. The van der Waals surface area contributed by atoms with E-state index in [0.29, 0.717) is 17.6 Å². The average molecular weight is 442 g/mol. The van der Waals surface area contributed by atoms with Gasteiger partial charge in [-0.15, -0.1) is 0 Å². The van der Waals surface area contributed by atoms with Crippen molar-refractivity contribution < 1.29 is 13.9 Å². The first-order chi connectivity index (χ1) is 14.9. The fraction of sp³-hybridized carbons (Fsp3) is 0.333. The van der Waals surface area contributed by atoms with Crippen molar-refractivity contribution in [3.8, 4) is 22.8 Å². The number of aromatic nitrogens is 2. The van der Waals surface area contributed by atoms with Gasteiger partial charge in [-0.3, -0.25) is 9.69 Å². The maximum Gasteiger partial charge on any atom is 0.159 e. The molecule has 0 unspecified atom stereocenters. The number of aldehydes is 1. The molecule has 2 aromatic carbocycles. The summed E-state index contributed by atoms with van der Waals surface area (Å²) in [6.45, 7) is 6.31. The molecule has 4 rings (SSSR count). The molecule has 1 heterocycles. The summed E-state index contributed by atoms with van der Waals surface area (Å²) < 4.78 is 21.7. The molecule has 0 atom stereocenters. The van der Waals surface area contributed by atoms with Crippen molar-refractivity contribution in [1.82, 2.24) is 14.5 Å². The lowest BCUT2D eigenvalue weighted by atomic mass is 10.1. The van der Waals surface area contributed by atoms with Gasteiger partial charge in [0.15, 0.2) is 12.0 Å². The second-order valence-electron chi connectivity index (χ2n) is 8.15. The number of carbonyl (C=O) groups excluding carboxylic acids is 1. The minimum Gasteiger partial charge on any atom is -0.455 e. The highest BCUT2D eigenvalue weighted by Crippen LogP contribution is 2.41. The molecule has 0 saturated heterocycles. The third-order valence-corrected chi connectivity index (χ3v) is 6.42. The molecule has 0 spiro atoms. The maximum atomic E-state index is 13.9. The number of rotatable bonds is 8. The van der Waals surface area contributed by atoms with Crippen LogP contribution >= 0.6 is 11.6 Å². The SMILES string of the molecule is CCN(Cc1ncc(-c2ccc(Oc3c(Cl)ccc(F)c3C=O)cc2)n1C)C1(C)CC1. The summed E-state index contributed by atoms with van der Waals surface area (Å²) in [6, 6.07) is 9.86. The van der Waals surface area contributed by atoms with Crippen molar-refractivity contribution in [2.24, 2.45) is 7.05 Å². The van der Waals surface area contributed by atoms with E-state index in [4.69, 9.17) is 16.3 Å². The standard InChI is InChI=1S/C24H25ClFN3O2/c1-4-29(24(2)11-12-24)14-22-27-13-21(28(22)3)16-5-7-17(8-6-16)31-23-18(15-30)20(26)10-9-19(23)25/h5-10,13,15H,4,11-12,14H2,1-3H3. The van der Waals surface area contributed by atoms with Gasteiger partial charge in [-0.05, 0) is 62.7 Å². The molecule has 0 bridgehead atoms. The Morgan fingerprint density at radius 3 is 2.58 bits per heavy atom. The minimum absolute atomic E-state index is 0.0143. The van der Waals surface area contributed by atoms with Crippen LogP contribution in [0.4, 0.5) is 4.39 Å². The predicted molar refractivity (Wildman–Crippen MR) is 119 cm³/mol. The van der Waals surface area contributed by atoms with Gasteiger partial charge in [-0.25, -0.2) is 9.37 Å². The Morgan fingerprint density at radius 1 is 1.26 bits per heavy atom. The molecular weight excluding hydrogens is 417 g/mol. The topological polar surface area (TPSA) is 47.4 Å². The lowest BCUT2D eigenvalue weighted by Crippen LogP contribution is -2.35. The van der Waals surface area contributed by atoms with E-state index in [1.165, 1.54) is 18.9 Å². The van der Waals surface area contributed by atoms with Crippen LogP contribution in [0.2, 0.25) is 5.02 Å². The van der Waals surface area contributed by atoms with Crippen molar-refractivity contribution in [3.05, 3.63) is 64.8 Å². The molecule has 0 aliphatic heterocycles. The Balaban J connectivity index is 1.54. The summed E-state index contributed by atoms with van der Waals surface area (Å²) in [5.74, 6) is 0.822. The number of halogens is 2. The van der Waals surface area contributed by atoms with Crippen molar-refractivity contribution in [1.29, 1.82) is 0 Å². The van der Waals surface area contributed by atoms with Crippen molar-refractivity contribution in [2.45, 2.75) is 38.8 Å². The molecule has 1 fully saturated rings. The Morgan fingerprint density at radius 2 is 1.97 bits per heavy atom. The van der Waals surface area contributed by atoms with E-state index in [0.717, 1.165) is 36.2 Å². The van der Waals surface area contributed by atoms with Crippen LogP contribution in [0.1, 0.15) is 42.9 Å². The molecule has 3 aromatic rings. The number of ether oxygens (including phenoxy) is 1. The quantitative estimate of drug-likeness (QED) is 0.411. The highest BCUT2D eigenvalue weighted by atomic mass is 35.5. The van der Waals surface area contributed by atoms with E-state index >= 15 is 0 Å². The monoisotopic (exact) mass is 441 g/mol. The van der Waals surface area contributed by atoms with Gasteiger partial charge in [0.25, 0.3) is 0 Å². The van der Waals surface area contributed by atoms with Crippen LogP contribution < -0.4 is 4.74 Å². The molecule has 0 N–H and O–H groups in total. The van der Waals surface area contributed by atoms with E-state index in [9.17, 15) is 9.18 Å². The molecule has 5 nitrogen and oxygen atoms in total. The van der Waals surface area contributed by atoms with E-state index in [1.807, 2.05) is 25.4 Å². The fourth-order valence-corrected chi connectivity index (χ4v) is 3.99. The molecule has 0 radical (unpaired) electrons. The zero-order chi connectivity index (χ0) is 22.2. The van der Waals surface area contributed by atoms with Crippen LogP contribution in [0, 0.1) is 5.82 Å². The highest BCUT2D eigenvalue weighted by molar-refractivity contribution is 6.32. The van der Waals surface area contributed by atoms with Gasteiger partial charge >= 0.3 is 0 Å². The summed E-state index contributed by atoms with van der Waals surface area (Å²) in [7, 11) is 2.02. The Kier molecular flexibility index (Phi) is 5.86. The van der Waals surface area contributed by atoms with Crippen molar-refractivity contribution in [2.75, 3.05) is 6.54 Å². The number of hydrogen-bond donors (Lipinski definition) is 0. The van der Waals surface area contributed by atoms with Crippen LogP contribution in [0.25, 0.3) is 11.3 Å². The third-order valence-electron chi connectivity index (χ3n) is 6.12. The van der Waals surface area contributed by atoms with Gasteiger partial charge < -0.3 is 9.30 Å². The molecule has 7 heteroatoms. The maximum absolute atomic E-state index is 13.9. The third kappa shape index (κ3) is 4.23. The number of carbonyl (C=O) groups is 1. The average Bonchev–Trinajstić information content (AvgIpc) is 3.41. The summed E-state index contributed by atoms with van der Waals surface area (Å²) >= 11 is 6.10. The van der Waals surface area contributed by atoms with E-state index in [2.05, 4.69) is 28.3 Å². The van der Waals surface area contributed by atoms with Crippen molar-refractivity contribution in [3.63, 3.8) is 0 Å². The van der Waals surface area contributed by atoms with E-state index in [1.54, 1.807) is 12.1 Å². The Hall–Kier alpha value is -2.70. The molecule has 1 aliphatic rings. The van der Waals surface area contributed by atoms with E-state index < -0.39 is 5.82 Å². The number of hydrogen-bond acceptors (Lipinski definition) is 4. The zero-order valence-corrected chi connectivity index (χ0v) is 18.6. The Bertz CT molecular complexity index is 1110. The van der Waals surface area contributed by atoms with E-state index in [-0.39, 0.29) is 16.3 Å². The van der Waals surface area contributed by atoms with Crippen LogP contribution in [-0.2, 0) is 13.6 Å². The second kappa shape index (κ2) is 8.44. The van der Waals surface area contributed by atoms with Crippen LogP contribution in [0.5, 0.6) is 11.5 Å². The van der Waals surface area contributed by atoms with Gasteiger partial charge in [0.1, 0.15) is 17.4 Å². The number of nitrogens with zero attached hydrogens (tertiary/aromatic N) is 3. The van der Waals surface area contributed by atoms with Crippen molar-refractivity contribution >= 4 is 17.9 Å². The summed E-state index contributed by atoms with van der Waals surface area (Å²) in [5.41, 5.74) is 2.09. The van der Waals surface area contributed by atoms with Gasteiger partial charge in [0.05, 0.1) is 29.0 Å². The first-order valence-corrected chi connectivity index (χ1v) is 10.7. The lowest BCUT2D eigenvalue weighted by Gasteiger charge is -2.27. The molecule has 1 aliphatic carbocycles. The van der Waals surface area contributed by atoms with Gasteiger partial charge in [-0.1, -0.05) is 18.5 Å². The summed E-state index contributed by atoms with van der Waals surface area (Å²) in [5, 5.41) is 0.175. The van der Waals surface area contributed by atoms with Gasteiger partial charge in [-0.2, -0.15) is 0 Å². The zero-order valence-electron chi connectivity index (χ0n) is 17.9. The summed E-state index contributed by atoms with van der Waals surface area (Å²) in [6.07, 6.45) is 4.76. The fourth-order valence-electron chi connectivity index (χ4n) is 3.79. The summed E-state index contributed by atoms with van der Waals surface area (Å²) in [4.78, 5) is 18.4. The molecule has 1 aromatic heterocycles. The molecular formula is C24H25ClFN3O2.